The van der Waals surface area contributed by atoms with Crippen molar-refractivity contribution in [2.75, 3.05) is 0 Å². The molecule has 152 valence electrons. The molecule has 0 bridgehead atoms. The second-order valence-corrected chi connectivity index (χ2v) is 10.5. The first-order chi connectivity index (χ1) is 13.6. The third-order valence-electron chi connectivity index (χ3n) is 7.94. The van der Waals surface area contributed by atoms with Crippen molar-refractivity contribution >= 4 is 5.97 Å². The Balaban J connectivity index is 1.71. The van der Waals surface area contributed by atoms with E-state index in [-0.39, 0.29) is 22.3 Å². The number of rotatable bonds is 2. The van der Waals surface area contributed by atoms with Gasteiger partial charge < -0.3 is 9.84 Å². The van der Waals surface area contributed by atoms with Gasteiger partial charge in [0.05, 0.1) is 11.0 Å². The number of fused-ring (bicyclic) bond motifs is 4. The third-order valence-corrected chi connectivity index (χ3v) is 7.94. The zero-order valence-corrected chi connectivity index (χ0v) is 17.8. The Morgan fingerprint density at radius 1 is 0.931 bits per heavy atom. The molecule has 0 amide bonds. The van der Waals surface area contributed by atoms with Crippen molar-refractivity contribution in [1.29, 1.82) is 0 Å². The van der Waals surface area contributed by atoms with E-state index in [1.165, 1.54) is 35.1 Å². The molecule has 0 saturated heterocycles. The van der Waals surface area contributed by atoms with Crippen molar-refractivity contribution in [2.24, 2.45) is 0 Å². The quantitative estimate of drug-likeness (QED) is 0.688. The van der Waals surface area contributed by atoms with Crippen LogP contribution < -0.4 is 4.74 Å². The van der Waals surface area contributed by atoms with Crippen LogP contribution >= 0.6 is 0 Å². The molecule has 1 heterocycles. The Morgan fingerprint density at radius 3 is 2.17 bits per heavy atom. The smallest absolute Gasteiger partial charge is 0.335 e. The second kappa shape index (κ2) is 5.87. The van der Waals surface area contributed by atoms with Crippen LogP contribution in [0.4, 0.5) is 0 Å². The fourth-order valence-electron chi connectivity index (χ4n) is 6.03. The van der Waals surface area contributed by atoms with Crippen LogP contribution in [0.25, 0.3) is 0 Å². The van der Waals surface area contributed by atoms with Crippen LogP contribution in [0.3, 0.4) is 0 Å². The summed E-state index contributed by atoms with van der Waals surface area (Å²) >= 11 is 0. The van der Waals surface area contributed by atoms with Crippen LogP contribution in [0, 0.1) is 0 Å². The molecule has 5 rings (SSSR count). The largest absolute Gasteiger partial charge is 0.489 e. The van der Waals surface area contributed by atoms with Gasteiger partial charge in [-0.05, 0) is 77.8 Å². The van der Waals surface area contributed by atoms with E-state index >= 15 is 0 Å². The second-order valence-electron chi connectivity index (χ2n) is 10.5. The standard InChI is InChI=1S/C26H30O3/c1-24(2)12-13-25(3,4)19-15-21-20(14-18(19)24)26(11-5-6-22(26)29-21)17-9-7-16(8-10-17)23(27)28/h7-10,14-15,22H,5-6,11-13H2,1-4H3,(H,27,28)/t22-,26+/m0/s1. The number of benzene rings is 2. The zero-order chi connectivity index (χ0) is 20.6. The normalized spacial score (nSPS) is 28.2. The number of carbonyl (C=O) groups is 1. The van der Waals surface area contributed by atoms with Gasteiger partial charge in [0.1, 0.15) is 11.9 Å². The van der Waals surface area contributed by atoms with Crippen LogP contribution in [0.15, 0.2) is 36.4 Å². The van der Waals surface area contributed by atoms with Crippen molar-refractivity contribution in [3.8, 4) is 5.75 Å². The summed E-state index contributed by atoms with van der Waals surface area (Å²) in [7, 11) is 0. The summed E-state index contributed by atoms with van der Waals surface area (Å²) in [6, 6.07) is 12.3. The van der Waals surface area contributed by atoms with Crippen LogP contribution in [0.2, 0.25) is 0 Å². The molecule has 29 heavy (non-hydrogen) atoms. The molecule has 2 aliphatic carbocycles. The van der Waals surface area contributed by atoms with Crippen LogP contribution in [-0.2, 0) is 16.2 Å². The van der Waals surface area contributed by atoms with Crippen LogP contribution in [-0.4, -0.2) is 17.2 Å². The summed E-state index contributed by atoms with van der Waals surface area (Å²) in [4.78, 5) is 11.3. The van der Waals surface area contributed by atoms with Gasteiger partial charge in [-0.15, -0.1) is 0 Å². The average molecular weight is 391 g/mol. The van der Waals surface area contributed by atoms with Gasteiger partial charge in [-0.1, -0.05) is 45.9 Å². The summed E-state index contributed by atoms with van der Waals surface area (Å²) in [6.45, 7) is 9.43. The minimum atomic E-state index is -0.877. The number of hydrogen-bond acceptors (Lipinski definition) is 2. The summed E-state index contributed by atoms with van der Waals surface area (Å²) in [5.74, 6) is 0.166. The van der Waals surface area contributed by atoms with Gasteiger partial charge in [-0.3, -0.25) is 0 Å². The lowest BCUT2D eigenvalue weighted by Gasteiger charge is -2.42. The van der Waals surface area contributed by atoms with E-state index in [0.29, 0.717) is 5.56 Å². The van der Waals surface area contributed by atoms with Gasteiger partial charge in [0.2, 0.25) is 0 Å². The first-order valence-electron chi connectivity index (χ1n) is 10.9. The summed E-state index contributed by atoms with van der Waals surface area (Å²) in [5, 5.41) is 9.30. The third kappa shape index (κ3) is 2.52. The van der Waals surface area contributed by atoms with Gasteiger partial charge in [-0.2, -0.15) is 0 Å². The summed E-state index contributed by atoms with van der Waals surface area (Å²) < 4.78 is 6.58. The first kappa shape index (κ1) is 18.7. The predicted octanol–water partition coefficient (Wildman–Crippen LogP) is 5.96. The molecule has 3 nitrogen and oxygen atoms in total. The van der Waals surface area contributed by atoms with Crippen LogP contribution in [0.5, 0.6) is 5.75 Å². The van der Waals surface area contributed by atoms with Crippen molar-refractivity contribution in [2.45, 2.75) is 82.1 Å². The Morgan fingerprint density at radius 2 is 1.55 bits per heavy atom. The lowest BCUT2D eigenvalue weighted by Crippen LogP contribution is -2.36. The van der Waals surface area contributed by atoms with Gasteiger partial charge in [0.15, 0.2) is 0 Å². The highest BCUT2D eigenvalue weighted by Gasteiger charge is 2.54. The molecule has 2 atom stereocenters. The molecule has 1 aliphatic heterocycles. The Kier molecular flexibility index (Phi) is 3.79. The molecule has 0 aromatic heterocycles. The zero-order valence-electron chi connectivity index (χ0n) is 17.8. The molecule has 3 heteroatoms. The highest BCUT2D eigenvalue weighted by Crippen LogP contribution is 2.58. The SMILES string of the molecule is CC1(C)CCC(C)(C)c2cc3c(cc21)O[C@H]1CCC[C@@]31c1ccc(C(=O)O)cc1. The fraction of sp³-hybridized carbons (Fsp3) is 0.500. The Bertz CT molecular complexity index is 999. The molecule has 2 aromatic carbocycles. The molecule has 1 N–H and O–H groups in total. The van der Waals surface area contributed by atoms with Crippen molar-refractivity contribution in [3.63, 3.8) is 0 Å². The molecule has 1 fully saturated rings. The maximum absolute atomic E-state index is 11.3. The number of carboxylic acids is 1. The van der Waals surface area contributed by atoms with E-state index in [0.717, 1.165) is 25.0 Å². The lowest BCUT2D eigenvalue weighted by atomic mass is 9.61. The topological polar surface area (TPSA) is 46.5 Å². The Hall–Kier alpha value is -2.29. The maximum atomic E-state index is 11.3. The number of carboxylic acid groups (broad SMARTS) is 1. The monoisotopic (exact) mass is 390 g/mol. The van der Waals surface area contributed by atoms with E-state index in [2.05, 4.69) is 39.8 Å². The summed E-state index contributed by atoms with van der Waals surface area (Å²) in [5.41, 5.74) is 5.91. The van der Waals surface area contributed by atoms with E-state index in [9.17, 15) is 9.90 Å². The number of aromatic carboxylic acids is 1. The minimum Gasteiger partial charge on any atom is -0.489 e. The molecular weight excluding hydrogens is 360 g/mol. The molecule has 0 spiro atoms. The van der Waals surface area contributed by atoms with Crippen molar-refractivity contribution < 1.29 is 14.6 Å². The Labute approximate surface area is 173 Å². The van der Waals surface area contributed by atoms with E-state index < -0.39 is 5.97 Å². The van der Waals surface area contributed by atoms with Crippen molar-refractivity contribution in [1.82, 2.24) is 0 Å². The average Bonchev–Trinajstić information content (AvgIpc) is 3.22. The van der Waals surface area contributed by atoms with Gasteiger partial charge in [-0.25, -0.2) is 4.79 Å². The fourth-order valence-corrected chi connectivity index (χ4v) is 6.03. The highest BCUT2D eigenvalue weighted by molar-refractivity contribution is 5.87. The minimum absolute atomic E-state index is 0.142. The molecule has 3 aliphatic rings. The van der Waals surface area contributed by atoms with E-state index in [1.54, 1.807) is 12.1 Å². The van der Waals surface area contributed by atoms with Gasteiger partial charge >= 0.3 is 5.97 Å². The molecule has 0 unspecified atom stereocenters. The number of hydrogen-bond donors (Lipinski definition) is 1. The van der Waals surface area contributed by atoms with Crippen molar-refractivity contribution in [3.05, 3.63) is 64.2 Å². The lowest BCUT2D eigenvalue weighted by molar-refractivity contribution is 0.0697. The van der Waals surface area contributed by atoms with Gasteiger partial charge in [0.25, 0.3) is 0 Å². The van der Waals surface area contributed by atoms with Crippen LogP contribution in [0.1, 0.15) is 92.4 Å². The maximum Gasteiger partial charge on any atom is 0.335 e. The number of ether oxygens (including phenoxy) is 1. The first-order valence-corrected chi connectivity index (χ1v) is 10.9. The molecule has 0 radical (unpaired) electrons. The predicted molar refractivity (Wildman–Crippen MR) is 114 cm³/mol. The highest BCUT2D eigenvalue weighted by atomic mass is 16.5. The molecule has 2 aromatic rings. The molecule has 1 saturated carbocycles. The summed E-state index contributed by atoms with van der Waals surface area (Å²) in [6.07, 6.45) is 5.76. The van der Waals surface area contributed by atoms with E-state index in [1.807, 2.05) is 12.1 Å². The molecular formula is C26H30O3. The van der Waals surface area contributed by atoms with Gasteiger partial charge in [0, 0.05) is 5.56 Å². The van der Waals surface area contributed by atoms with E-state index in [4.69, 9.17) is 4.74 Å².